The van der Waals surface area contributed by atoms with Crippen molar-refractivity contribution in [1.82, 2.24) is 9.62 Å². The number of nitrogens with zero attached hydrogens (tertiary/aromatic N) is 1. The highest BCUT2D eigenvalue weighted by molar-refractivity contribution is 7.88. The van der Waals surface area contributed by atoms with Crippen molar-refractivity contribution in [2.45, 2.75) is 18.9 Å². The highest BCUT2D eigenvalue weighted by Gasteiger charge is 2.36. The number of halogens is 1. The molecule has 1 atom stereocenters. The summed E-state index contributed by atoms with van der Waals surface area (Å²) < 4.78 is 42.5. The first kappa shape index (κ1) is 16.7. The fourth-order valence-corrected chi connectivity index (χ4v) is 3.52. The minimum absolute atomic E-state index is 0.225. The van der Waals surface area contributed by atoms with Crippen LogP contribution in [0.4, 0.5) is 4.39 Å². The maximum atomic E-state index is 12.7. The Balaban J connectivity index is 1.77. The van der Waals surface area contributed by atoms with Crippen molar-refractivity contribution in [2.75, 3.05) is 26.0 Å². The first-order valence-corrected chi connectivity index (χ1v) is 8.85. The van der Waals surface area contributed by atoms with E-state index in [0.29, 0.717) is 25.1 Å². The van der Waals surface area contributed by atoms with Crippen LogP contribution in [0.15, 0.2) is 24.3 Å². The molecule has 0 spiro atoms. The van der Waals surface area contributed by atoms with Crippen LogP contribution in [-0.2, 0) is 14.8 Å². The van der Waals surface area contributed by atoms with E-state index in [1.807, 2.05) is 0 Å². The number of sulfonamides is 1. The Morgan fingerprint density at radius 3 is 2.73 bits per heavy atom. The number of amides is 1. The molecule has 1 heterocycles. The van der Waals surface area contributed by atoms with Gasteiger partial charge in [0.05, 0.1) is 12.8 Å². The van der Waals surface area contributed by atoms with Gasteiger partial charge in [-0.2, -0.15) is 4.31 Å². The molecular formula is C14H19FN2O4S. The molecule has 0 saturated carbocycles. The fraction of sp³-hybridized carbons (Fsp3) is 0.500. The van der Waals surface area contributed by atoms with Crippen LogP contribution in [0.1, 0.15) is 12.8 Å². The predicted molar refractivity (Wildman–Crippen MR) is 79.5 cm³/mol. The molecule has 1 aliphatic heterocycles. The number of rotatable bonds is 6. The number of carbonyl (C=O) groups excluding carboxylic acids is 1. The van der Waals surface area contributed by atoms with Crippen LogP contribution in [0.5, 0.6) is 5.75 Å². The molecule has 6 nitrogen and oxygen atoms in total. The van der Waals surface area contributed by atoms with E-state index in [-0.39, 0.29) is 24.9 Å². The Kier molecular flexibility index (Phi) is 5.36. The van der Waals surface area contributed by atoms with Gasteiger partial charge in [0.2, 0.25) is 15.9 Å². The van der Waals surface area contributed by atoms with Gasteiger partial charge in [-0.05, 0) is 37.1 Å². The molecule has 1 N–H and O–H groups in total. The van der Waals surface area contributed by atoms with Crippen molar-refractivity contribution in [3.05, 3.63) is 30.1 Å². The number of carbonyl (C=O) groups is 1. The average Bonchev–Trinajstić information content (AvgIpc) is 2.95. The number of benzene rings is 1. The first-order valence-electron chi connectivity index (χ1n) is 7.01. The summed E-state index contributed by atoms with van der Waals surface area (Å²) in [6.45, 7) is 0.857. The van der Waals surface area contributed by atoms with Gasteiger partial charge in [0.1, 0.15) is 24.2 Å². The normalized spacial score (nSPS) is 19.1. The van der Waals surface area contributed by atoms with Gasteiger partial charge >= 0.3 is 0 Å². The maximum Gasteiger partial charge on any atom is 0.238 e. The lowest BCUT2D eigenvalue weighted by molar-refractivity contribution is -0.124. The molecular weight excluding hydrogens is 311 g/mol. The molecule has 1 aliphatic rings. The van der Waals surface area contributed by atoms with Crippen molar-refractivity contribution in [2.24, 2.45) is 0 Å². The molecule has 8 heteroatoms. The minimum atomic E-state index is -3.37. The highest BCUT2D eigenvalue weighted by atomic mass is 32.2. The van der Waals surface area contributed by atoms with E-state index >= 15 is 0 Å². The van der Waals surface area contributed by atoms with E-state index in [2.05, 4.69) is 5.32 Å². The van der Waals surface area contributed by atoms with Gasteiger partial charge in [-0.15, -0.1) is 0 Å². The summed E-state index contributed by atoms with van der Waals surface area (Å²) in [5, 5.41) is 2.66. The van der Waals surface area contributed by atoms with Crippen LogP contribution in [-0.4, -0.2) is 50.6 Å². The van der Waals surface area contributed by atoms with Gasteiger partial charge in [0.25, 0.3) is 0 Å². The second-order valence-corrected chi connectivity index (χ2v) is 7.06. The summed E-state index contributed by atoms with van der Waals surface area (Å²) >= 11 is 0. The molecule has 2 rings (SSSR count). The summed E-state index contributed by atoms with van der Waals surface area (Å²) in [4.78, 5) is 12.0. The molecule has 0 bridgehead atoms. The molecule has 1 saturated heterocycles. The molecule has 1 aromatic rings. The third-order valence-electron chi connectivity index (χ3n) is 3.42. The van der Waals surface area contributed by atoms with Crippen LogP contribution in [0.25, 0.3) is 0 Å². The highest BCUT2D eigenvalue weighted by Crippen LogP contribution is 2.20. The number of hydrogen-bond donors (Lipinski definition) is 1. The van der Waals surface area contributed by atoms with Crippen LogP contribution < -0.4 is 10.1 Å². The molecule has 0 aliphatic carbocycles. The second-order valence-electron chi connectivity index (χ2n) is 5.13. The van der Waals surface area contributed by atoms with Crippen LogP contribution in [0, 0.1) is 5.82 Å². The average molecular weight is 330 g/mol. The lowest BCUT2D eigenvalue weighted by Gasteiger charge is -2.21. The molecule has 22 heavy (non-hydrogen) atoms. The Hall–Kier alpha value is -1.67. The van der Waals surface area contributed by atoms with Crippen molar-refractivity contribution >= 4 is 15.9 Å². The van der Waals surface area contributed by atoms with Crippen LogP contribution in [0.2, 0.25) is 0 Å². The smallest absolute Gasteiger partial charge is 0.238 e. The first-order chi connectivity index (χ1) is 10.4. The molecule has 1 fully saturated rings. The largest absolute Gasteiger partial charge is 0.492 e. The van der Waals surface area contributed by atoms with E-state index in [0.717, 1.165) is 6.26 Å². The molecule has 0 aromatic heterocycles. The van der Waals surface area contributed by atoms with Gasteiger partial charge in [-0.3, -0.25) is 4.79 Å². The van der Waals surface area contributed by atoms with Gasteiger partial charge in [-0.25, -0.2) is 12.8 Å². The van der Waals surface area contributed by atoms with Crippen molar-refractivity contribution < 1.29 is 22.3 Å². The predicted octanol–water partition coefficient (Wildman–Crippen LogP) is 0.745. The van der Waals surface area contributed by atoms with Crippen molar-refractivity contribution in [3.63, 3.8) is 0 Å². The molecule has 0 radical (unpaired) electrons. The van der Waals surface area contributed by atoms with E-state index < -0.39 is 16.1 Å². The zero-order valence-electron chi connectivity index (χ0n) is 12.3. The third kappa shape index (κ3) is 4.41. The summed E-state index contributed by atoms with van der Waals surface area (Å²) in [6.07, 6.45) is 2.31. The zero-order chi connectivity index (χ0) is 16.2. The maximum absolute atomic E-state index is 12.7. The van der Waals surface area contributed by atoms with Crippen molar-refractivity contribution in [3.8, 4) is 5.75 Å². The van der Waals surface area contributed by atoms with Crippen molar-refractivity contribution in [1.29, 1.82) is 0 Å². The molecule has 1 amide bonds. The standard InChI is InChI=1S/C14H19FN2O4S/c1-22(19,20)17-9-2-3-13(17)14(18)16-8-10-21-12-6-4-11(15)5-7-12/h4-7,13H,2-3,8-10H2,1H3,(H,16,18)/t13-/m0/s1. The number of nitrogens with one attached hydrogen (secondary N) is 1. The lowest BCUT2D eigenvalue weighted by Crippen LogP contribution is -2.46. The quantitative estimate of drug-likeness (QED) is 0.781. The Morgan fingerprint density at radius 2 is 2.09 bits per heavy atom. The van der Waals surface area contributed by atoms with Gasteiger partial charge in [0.15, 0.2) is 0 Å². The lowest BCUT2D eigenvalue weighted by atomic mass is 10.2. The number of hydrogen-bond acceptors (Lipinski definition) is 4. The zero-order valence-corrected chi connectivity index (χ0v) is 13.1. The summed E-state index contributed by atoms with van der Waals surface area (Å²) in [5.41, 5.74) is 0. The van der Waals surface area contributed by atoms with E-state index in [9.17, 15) is 17.6 Å². The summed E-state index contributed by atoms with van der Waals surface area (Å²) in [6, 6.07) is 4.94. The van der Waals surface area contributed by atoms with Gasteiger partial charge in [0, 0.05) is 6.54 Å². The minimum Gasteiger partial charge on any atom is -0.492 e. The summed E-state index contributed by atoms with van der Waals surface area (Å²) in [5.74, 6) is -0.150. The van der Waals surface area contributed by atoms with Crippen LogP contribution in [0.3, 0.4) is 0 Å². The van der Waals surface area contributed by atoms with Gasteiger partial charge < -0.3 is 10.1 Å². The summed E-state index contributed by atoms with van der Waals surface area (Å²) in [7, 11) is -3.37. The van der Waals surface area contributed by atoms with Gasteiger partial charge in [-0.1, -0.05) is 0 Å². The second kappa shape index (κ2) is 7.06. The number of ether oxygens (including phenoxy) is 1. The molecule has 122 valence electrons. The fourth-order valence-electron chi connectivity index (χ4n) is 2.39. The van der Waals surface area contributed by atoms with E-state index in [1.54, 1.807) is 0 Å². The Labute approximate surface area is 129 Å². The third-order valence-corrected chi connectivity index (χ3v) is 4.71. The SMILES string of the molecule is CS(=O)(=O)N1CCC[C@H]1C(=O)NCCOc1ccc(F)cc1. The Bertz CT molecular complexity index is 618. The van der Waals surface area contributed by atoms with Crippen LogP contribution >= 0.6 is 0 Å². The van der Waals surface area contributed by atoms with E-state index in [1.165, 1.54) is 28.6 Å². The topological polar surface area (TPSA) is 75.7 Å². The van der Waals surface area contributed by atoms with E-state index in [4.69, 9.17) is 4.74 Å². The Morgan fingerprint density at radius 1 is 1.41 bits per heavy atom. The molecule has 1 aromatic carbocycles. The molecule has 0 unspecified atom stereocenters. The monoisotopic (exact) mass is 330 g/mol.